The van der Waals surface area contributed by atoms with Crippen LogP contribution >= 0.6 is 7.60 Å². The molecule has 1 aromatic rings. The lowest BCUT2D eigenvalue weighted by atomic mass is 10.1. The Bertz CT molecular complexity index is 885. The first-order valence-electron chi connectivity index (χ1n) is 9.24. The van der Waals surface area contributed by atoms with Crippen molar-refractivity contribution in [3.63, 3.8) is 0 Å². The fraction of sp³-hybridized carbons (Fsp3) is 0.444. The van der Waals surface area contributed by atoms with Crippen LogP contribution < -0.4 is 0 Å². The van der Waals surface area contributed by atoms with Gasteiger partial charge >= 0.3 is 30.7 Å². The van der Waals surface area contributed by atoms with E-state index in [4.69, 9.17) is 34.3 Å². The minimum absolute atomic E-state index is 0.0336. The molecule has 0 unspecified atom stereocenters. The lowest BCUT2D eigenvalue weighted by molar-refractivity contribution is -0.143. The summed E-state index contributed by atoms with van der Waals surface area (Å²) >= 11 is 0. The molecule has 13 heteroatoms. The predicted octanol–water partition coefficient (Wildman–Crippen LogP) is 1.70. The summed E-state index contributed by atoms with van der Waals surface area (Å²) < 4.78 is 37.2. The molecule has 0 aliphatic rings. The molecule has 0 radical (unpaired) electrons. The number of benzene rings is 1. The molecular weight excluding hydrogens is 431 g/mol. The maximum atomic E-state index is 12.5. The van der Waals surface area contributed by atoms with Gasteiger partial charge in [0.25, 0.3) is 0 Å². The van der Waals surface area contributed by atoms with Gasteiger partial charge in [-0.05, 0) is 26.0 Å². The smallest absolute Gasteiger partial charge is 0.454 e. The molecule has 0 bridgehead atoms. The Balaban J connectivity index is 2.38. The second-order valence-electron chi connectivity index (χ2n) is 5.46. The Morgan fingerprint density at radius 2 is 1.42 bits per heavy atom. The molecule has 31 heavy (non-hydrogen) atoms. The highest BCUT2D eigenvalue weighted by atomic mass is 31.2. The molecule has 0 amide bonds. The summed E-state index contributed by atoms with van der Waals surface area (Å²) in [5, 5.41) is 0. The minimum atomic E-state index is -4.11. The summed E-state index contributed by atoms with van der Waals surface area (Å²) in [6.45, 7) is 2.44. The monoisotopic (exact) mass is 454 g/mol. The Morgan fingerprint density at radius 1 is 0.871 bits per heavy atom. The summed E-state index contributed by atoms with van der Waals surface area (Å²) in [6.07, 6.45) is 0. The molecule has 0 aliphatic heterocycles. The van der Waals surface area contributed by atoms with Crippen LogP contribution in [0.25, 0.3) is 11.1 Å². The average Bonchev–Trinajstić information content (AvgIpc) is 2.75. The van der Waals surface area contributed by atoms with Crippen LogP contribution in [0.2, 0.25) is 0 Å². The molecule has 0 aliphatic carbocycles. The molecule has 0 saturated heterocycles. The zero-order valence-corrected chi connectivity index (χ0v) is 18.0. The van der Waals surface area contributed by atoms with E-state index in [1.54, 1.807) is 30.3 Å². The maximum Gasteiger partial charge on any atom is 0.484 e. The highest BCUT2D eigenvalue weighted by Gasteiger charge is 2.47. The van der Waals surface area contributed by atoms with Gasteiger partial charge in [-0.15, -0.1) is 4.79 Å². The fourth-order valence-electron chi connectivity index (χ4n) is 2.14. The third kappa shape index (κ3) is 8.35. The standard InChI is InChI=1S/C18H23N4O8P/c1-3-29-31(25,30-4-2)16(22-20)18(24)28-13-11-26-10-12-27-17(23)15(21-19)14-8-6-5-7-9-14/h5-9H,3-4,10-13H2,1-2H3. The Kier molecular flexibility index (Phi) is 11.9. The van der Waals surface area contributed by atoms with E-state index in [1.165, 1.54) is 13.8 Å². The lowest BCUT2D eigenvalue weighted by Crippen LogP contribution is -2.24. The van der Waals surface area contributed by atoms with Gasteiger partial charge in [0.15, 0.2) is 0 Å². The molecule has 0 aromatic heterocycles. The molecule has 0 heterocycles. The number of hydrogen-bond donors (Lipinski definition) is 0. The molecule has 0 fully saturated rings. The molecule has 0 saturated carbocycles. The SMILES string of the molecule is CCOP(=O)(OCC)C(=[N+]=[N-])C(=O)OCCOCCOC(=O)C(=[N+]=[N-])c1ccccc1. The largest absolute Gasteiger partial charge is 0.484 e. The Hall–Kier alpha value is -2.97. The van der Waals surface area contributed by atoms with Crippen molar-refractivity contribution in [3.05, 3.63) is 47.0 Å². The van der Waals surface area contributed by atoms with Crippen molar-refractivity contribution in [2.45, 2.75) is 13.8 Å². The molecule has 1 rings (SSSR count). The number of nitrogens with zero attached hydrogens (tertiary/aromatic N) is 4. The number of rotatable bonds is 14. The second-order valence-corrected chi connectivity index (χ2v) is 7.39. The quantitative estimate of drug-likeness (QED) is 0.102. The highest BCUT2D eigenvalue weighted by molar-refractivity contribution is 7.74. The minimum Gasteiger partial charge on any atom is -0.454 e. The molecular formula is C18H23N4O8P. The van der Waals surface area contributed by atoms with E-state index in [1.807, 2.05) is 0 Å². The third-order valence-electron chi connectivity index (χ3n) is 3.40. The zero-order valence-electron chi connectivity index (χ0n) is 17.1. The van der Waals surface area contributed by atoms with Crippen LogP contribution in [-0.4, -0.2) is 72.3 Å². The van der Waals surface area contributed by atoms with Crippen LogP contribution in [0.3, 0.4) is 0 Å². The first-order valence-corrected chi connectivity index (χ1v) is 10.8. The molecule has 0 atom stereocenters. The van der Waals surface area contributed by atoms with Crippen molar-refractivity contribution in [2.75, 3.05) is 39.6 Å². The van der Waals surface area contributed by atoms with E-state index in [0.29, 0.717) is 5.56 Å². The Morgan fingerprint density at radius 3 is 1.90 bits per heavy atom. The van der Waals surface area contributed by atoms with Gasteiger partial charge in [0.1, 0.15) is 13.2 Å². The molecule has 0 spiro atoms. The van der Waals surface area contributed by atoms with Gasteiger partial charge in [-0.2, -0.15) is 4.79 Å². The normalized spacial score (nSPS) is 10.5. The predicted molar refractivity (Wildman–Crippen MR) is 106 cm³/mol. The van der Waals surface area contributed by atoms with Gasteiger partial charge < -0.3 is 34.3 Å². The van der Waals surface area contributed by atoms with Gasteiger partial charge in [-0.25, -0.2) is 14.2 Å². The van der Waals surface area contributed by atoms with Crippen molar-refractivity contribution in [1.82, 2.24) is 0 Å². The summed E-state index contributed by atoms with van der Waals surface area (Å²) in [5.74, 6) is -2.02. The maximum absolute atomic E-state index is 12.5. The summed E-state index contributed by atoms with van der Waals surface area (Å²) in [5.41, 5.74) is 17.3. The van der Waals surface area contributed by atoms with Gasteiger partial charge in [-0.1, -0.05) is 18.2 Å². The zero-order chi connectivity index (χ0) is 23.1. The van der Waals surface area contributed by atoms with E-state index in [2.05, 4.69) is 9.58 Å². The van der Waals surface area contributed by atoms with Crippen LogP contribution in [0.5, 0.6) is 0 Å². The van der Waals surface area contributed by atoms with Crippen molar-refractivity contribution in [2.24, 2.45) is 0 Å². The number of hydrogen-bond acceptors (Lipinski definition) is 8. The van der Waals surface area contributed by atoms with Crippen molar-refractivity contribution >= 4 is 30.7 Å². The van der Waals surface area contributed by atoms with Crippen LogP contribution in [-0.2, 0) is 37.4 Å². The fourth-order valence-corrected chi connectivity index (χ4v) is 3.54. The molecule has 168 valence electrons. The van der Waals surface area contributed by atoms with Gasteiger partial charge in [0.2, 0.25) is 0 Å². The van der Waals surface area contributed by atoms with Crippen LogP contribution in [0, 0.1) is 0 Å². The number of ether oxygens (including phenoxy) is 3. The van der Waals surface area contributed by atoms with E-state index in [9.17, 15) is 14.2 Å². The number of carbonyl (C=O) groups excluding carboxylic acids is 2. The first-order chi connectivity index (χ1) is 14.9. The molecule has 12 nitrogen and oxygen atoms in total. The van der Waals surface area contributed by atoms with Crippen molar-refractivity contribution in [3.8, 4) is 0 Å². The van der Waals surface area contributed by atoms with Gasteiger partial charge in [0, 0.05) is 0 Å². The lowest BCUT2D eigenvalue weighted by Gasteiger charge is -2.12. The van der Waals surface area contributed by atoms with Crippen LogP contribution in [0.1, 0.15) is 19.4 Å². The van der Waals surface area contributed by atoms with Crippen LogP contribution in [0.15, 0.2) is 30.3 Å². The van der Waals surface area contributed by atoms with E-state index in [-0.39, 0.29) is 45.4 Å². The first kappa shape index (κ1) is 26.1. The van der Waals surface area contributed by atoms with E-state index in [0.717, 1.165) is 0 Å². The van der Waals surface area contributed by atoms with E-state index < -0.39 is 25.0 Å². The number of carbonyl (C=O) groups is 2. The van der Waals surface area contributed by atoms with Gasteiger partial charge in [0.05, 0.1) is 32.0 Å². The topological polar surface area (TPSA) is 170 Å². The average molecular weight is 454 g/mol. The van der Waals surface area contributed by atoms with Crippen LogP contribution in [0.4, 0.5) is 0 Å². The summed E-state index contributed by atoms with van der Waals surface area (Å²) in [6, 6.07) is 8.26. The second kappa shape index (κ2) is 14.1. The van der Waals surface area contributed by atoms with Crippen molar-refractivity contribution in [1.29, 1.82) is 0 Å². The van der Waals surface area contributed by atoms with Gasteiger partial charge in [-0.3, -0.25) is 0 Å². The Labute approximate surface area is 178 Å². The molecule has 0 N–H and O–H groups in total. The van der Waals surface area contributed by atoms with Crippen molar-refractivity contribution < 1.29 is 47.0 Å². The van der Waals surface area contributed by atoms with E-state index >= 15 is 0 Å². The summed E-state index contributed by atoms with van der Waals surface area (Å²) in [4.78, 5) is 29.6. The summed E-state index contributed by atoms with van der Waals surface area (Å²) in [7, 11) is -4.11. The molecule has 1 aromatic carbocycles. The third-order valence-corrected chi connectivity index (χ3v) is 5.38. The number of esters is 2. The highest BCUT2D eigenvalue weighted by Crippen LogP contribution is 2.49.